The van der Waals surface area contributed by atoms with Crippen LogP contribution in [0.25, 0.3) is 0 Å². The Bertz CT molecular complexity index is 876. The van der Waals surface area contributed by atoms with Crippen LogP contribution >= 0.6 is 0 Å². The van der Waals surface area contributed by atoms with E-state index in [0.717, 1.165) is 32.4 Å². The Labute approximate surface area is 194 Å². The first-order valence-electron chi connectivity index (χ1n) is 12.0. The molecule has 9 heteroatoms. The number of fused-ring (bicyclic) bond motifs is 1. The molecule has 0 aromatic heterocycles. The second-order valence-corrected chi connectivity index (χ2v) is 9.33. The Hall–Kier alpha value is -2.97. The topological polar surface area (TPSA) is 100 Å². The molecule has 9 nitrogen and oxygen atoms in total. The van der Waals surface area contributed by atoms with Gasteiger partial charge in [0, 0.05) is 37.8 Å². The monoisotopic (exact) mass is 458 g/mol. The summed E-state index contributed by atoms with van der Waals surface area (Å²) in [5.74, 6) is 0.795. The van der Waals surface area contributed by atoms with Gasteiger partial charge in [-0.15, -0.1) is 0 Å². The first-order valence-corrected chi connectivity index (χ1v) is 12.0. The van der Waals surface area contributed by atoms with Crippen molar-refractivity contribution in [3.63, 3.8) is 0 Å². The fraction of sp³-hybridized carbons (Fsp3) is 0.625. The molecule has 0 aliphatic carbocycles. The number of hydrogen-bond acceptors (Lipinski definition) is 5. The lowest BCUT2D eigenvalue weighted by atomic mass is 9.88. The zero-order valence-corrected chi connectivity index (χ0v) is 19.5. The third kappa shape index (κ3) is 5.51. The second kappa shape index (κ2) is 10.3. The summed E-state index contributed by atoms with van der Waals surface area (Å²) in [4.78, 5) is 42.7. The lowest BCUT2D eigenvalue weighted by Gasteiger charge is -2.38. The van der Waals surface area contributed by atoms with Crippen molar-refractivity contribution in [1.29, 1.82) is 0 Å². The highest BCUT2D eigenvalue weighted by atomic mass is 16.7. The van der Waals surface area contributed by atoms with E-state index in [-0.39, 0.29) is 36.6 Å². The molecule has 3 heterocycles. The molecule has 2 N–H and O–H groups in total. The van der Waals surface area contributed by atoms with E-state index < -0.39 is 6.04 Å². The molecular formula is C24H34N4O5. The predicted octanol–water partition coefficient (Wildman–Crippen LogP) is 2.36. The highest BCUT2D eigenvalue weighted by Crippen LogP contribution is 2.32. The van der Waals surface area contributed by atoms with Gasteiger partial charge in [0.05, 0.1) is 0 Å². The molecule has 0 bridgehead atoms. The highest BCUT2D eigenvalue weighted by Gasteiger charge is 2.36. The molecule has 2 saturated heterocycles. The van der Waals surface area contributed by atoms with E-state index >= 15 is 0 Å². The number of nitrogens with one attached hydrogen (secondary N) is 2. The Balaban J connectivity index is 1.46. The van der Waals surface area contributed by atoms with Gasteiger partial charge in [-0.05, 0) is 70.1 Å². The zero-order valence-electron chi connectivity index (χ0n) is 19.5. The van der Waals surface area contributed by atoms with Crippen molar-refractivity contribution in [3.8, 4) is 11.5 Å². The van der Waals surface area contributed by atoms with E-state index in [1.807, 2.05) is 18.7 Å². The summed E-state index contributed by atoms with van der Waals surface area (Å²) in [7, 11) is 0. The van der Waals surface area contributed by atoms with Crippen LogP contribution in [-0.2, 0) is 4.79 Å². The van der Waals surface area contributed by atoms with Crippen LogP contribution in [0.15, 0.2) is 18.2 Å². The first kappa shape index (κ1) is 23.2. The molecule has 1 atom stereocenters. The summed E-state index contributed by atoms with van der Waals surface area (Å²) in [6.07, 6.45) is 4.43. The zero-order chi connectivity index (χ0) is 23.4. The van der Waals surface area contributed by atoms with Crippen LogP contribution in [-0.4, -0.2) is 72.7 Å². The molecule has 0 radical (unpaired) electrons. The molecular weight excluding hydrogens is 424 g/mol. The van der Waals surface area contributed by atoms with Crippen molar-refractivity contribution >= 4 is 17.8 Å². The van der Waals surface area contributed by atoms with Gasteiger partial charge < -0.3 is 29.9 Å². The molecule has 1 aromatic carbocycles. The van der Waals surface area contributed by atoms with Gasteiger partial charge in [-0.2, -0.15) is 0 Å². The predicted molar refractivity (Wildman–Crippen MR) is 122 cm³/mol. The maximum Gasteiger partial charge on any atom is 0.317 e. The molecule has 1 aromatic rings. The van der Waals surface area contributed by atoms with Gasteiger partial charge in [-0.1, -0.05) is 0 Å². The fourth-order valence-corrected chi connectivity index (χ4v) is 4.73. The Morgan fingerprint density at radius 2 is 1.61 bits per heavy atom. The number of carbonyl (C=O) groups is 3. The van der Waals surface area contributed by atoms with E-state index in [1.54, 1.807) is 23.1 Å². The smallest absolute Gasteiger partial charge is 0.317 e. The summed E-state index contributed by atoms with van der Waals surface area (Å²) in [5.41, 5.74) is 0.435. The van der Waals surface area contributed by atoms with E-state index in [9.17, 15) is 14.4 Å². The maximum atomic E-state index is 13.5. The number of amides is 4. The molecule has 4 amide bonds. The van der Waals surface area contributed by atoms with Crippen molar-refractivity contribution in [2.24, 2.45) is 5.92 Å². The summed E-state index contributed by atoms with van der Waals surface area (Å²) >= 11 is 0. The van der Waals surface area contributed by atoms with Crippen molar-refractivity contribution < 1.29 is 23.9 Å². The van der Waals surface area contributed by atoms with Crippen LogP contribution in [0.3, 0.4) is 0 Å². The van der Waals surface area contributed by atoms with Gasteiger partial charge in [0.1, 0.15) is 6.04 Å². The number of likely N-dealkylation sites (tertiary alicyclic amines) is 2. The Kier molecular flexibility index (Phi) is 7.25. The molecule has 180 valence electrons. The minimum atomic E-state index is -0.615. The van der Waals surface area contributed by atoms with Crippen LogP contribution in [0.2, 0.25) is 0 Å². The standard InChI is InChI=1S/C24H34N4O5/c1-16(2)25-24(31)28-12-8-17(9-13-28)21(23(30)27-10-4-3-5-11-27)26-22(29)18-6-7-19-20(14-18)33-15-32-19/h6-7,14,16-17,21H,3-5,8-13,15H2,1-2H3,(H,25,31)(H,26,29)/t21-/m1/s1. The number of hydrogen-bond donors (Lipinski definition) is 2. The molecule has 3 aliphatic rings. The van der Waals surface area contributed by atoms with Gasteiger partial charge >= 0.3 is 6.03 Å². The molecule has 4 rings (SSSR count). The first-order chi connectivity index (χ1) is 15.9. The molecule has 0 unspecified atom stereocenters. The summed E-state index contributed by atoms with van der Waals surface area (Å²) in [5, 5.41) is 5.95. The van der Waals surface area contributed by atoms with Gasteiger partial charge in [-0.3, -0.25) is 9.59 Å². The number of piperidine rings is 2. The SMILES string of the molecule is CC(C)NC(=O)N1CCC([C@@H](NC(=O)c2ccc3c(c2)OCO3)C(=O)N2CCCCC2)CC1. The van der Waals surface area contributed by atoms with Crippen LogP contribution in [0.4, 0.5) is 4.79 Å². The second-order valence-electron chi connectivity index (χ2n) is 9.33. The number of rotatable bonds is 5. The largest absolute Gasteiger partial charge is 0.454 e. The van der Waals surface area contributed by atoms with Gasteiger partial charge in [-0.25, -0.2) is 4.79 Å². The Morgan fingerprint density at radius 3 is 2.30 bits per heavy atom. The number of carbonyl (C=O) groups excluding carboxylic acids is 3. The van der Waals surface area contributed by atoms with Gasteiger partial charge in [0.25, 0.3) is 5.91 Å². The minimum absolute atomic E-state index is 0.0196. The molecule has 33 heavy (non-hydrogen) atoms. The molecule has 2 fully saturated rings. The summed E-state index contributed by atoms with van der Waals surface area (Å²) in [6, 6.07) is 4.43. The van der Waals surface area contributed by atoms with Gasteiger partial charge in [0.15, 0.2) is 11.5 Å². The molecule has 3 aliphatic heterocycles. The average molecular weight is 459 g/mol. The van der Waals surface area contributed by atoms with Crippen LogP contribution in [0, 0.1) is 5.92 Å². The van der Waals surface area contributed by atoms with E-state index in [2.05, 4.69) is 10.6 Å². The third-order valence-electron chi connectivity index (χ3n) is 6.57. The lowest BCUT2D eigenvalue weighted by molar-refractivity contribution is -0.136. The highest BCUT2D eigenvalue weighted by molar-refractivity contribution is 5.98. The number of nitrogens with zero attached hydrogens (tertiary/aromatic N) is 2. The average Bonchev–Trinajstić information content (AvgIpc) is 3.30. The fourth-order valence-electron chi connectivity index (χ4n) is 4.73. The summed E-state index contributed by atoms with van der Waals surface area (Å²) < 4.78 is 10.7. The lowest BCUT2D eigenvalue weighted by Crippen LogP contribution is -2.56. The molecule has 0 saturated carbocycles. The van der Waals surface area contributed by atoms with E-state index in [4.69, 9.17) is 9.47 Å². The quantitative estimate of drug-likeness (QED) is 0.706. The minimum Gasteiger partial charge on any atom is -0.454 e. The van der Waals surface area contributed by atoms with Crippen molar-refractivity contribution in [1.82, 2.24) is 20.4 Å². The van der Waals surface area contributed by atoms with Crippen LogP contribution in [0.1, 0.15) is 56.3 Å². The van der Waals surface area contributed by atoms with Crippen molar-refractivity contribution in [2.45, 2.75) is 58.0 Å². The van der Waals surface area contributed by atoms with Crippen LogP contribution in [0.5, 0.6) is 11.5 Å². The van der Waals surface area contributed by atoms with Crippen LogP contribution < -0.4 is 20.1 Å². The summed E-state index contributed by atoms with van der Waals surface area (Å²) in [6.45, 7) is 6.59. The van der Waals surface area contributed by atoms with Crippen molar-refractivity contribution in [3.05, 3.63) is 23.8 Å². The third-order valence-corrected chi connectivity index (χ3v) is 6.57. The Morgan fingerprint density at radius 1 is 0.909 bits per heavy atom. The van der Waals surface area contributed by atoms with E-state index in [0.29, 0.717) is 43.0 Å². The number of urea groups is 1. The maximum absolute atomic E-state index is 13.5. The molecule has 0 spiro atoms. The number of benzene rings is 1. The number of ether oxygens (including phenoxy) is 2. The van der Waals surface area contributed by atoms with E-state index in [1.165, 1.54) is 0 Å². The van der Waals surface area contributed by atoms with Gasteiger partial charge in [0.2, 0.25) is 12.7 Å². The van der Waals surface area contributed by atoms with Crippen molar-refractivity contribution in [2.75, 3.05) is 33.0 Å². The normalized spacial score (nSPS) is 19.4.